The summed E-state index contributed by atoms with van der Waals surface area (Å²) in [5, 5.41) is 3.57. The molecule has 1 aliphatic carbocycles. The molecule has 0 fully saturated rings. The number of aromatic nitrogens is 1. The molecule has 5 heteroatoms. The number of nitrogens with one attached hydrogen (secondary N) is 1. The van der Waals surface area contributed by atoms with Crippen LogP contribution in [0.25, 0.3) is 6.08 Å². The molecular formula is C18H20N2O2S. The van der Waals surface area contributed by atoms with Crippen LogP contribution in [-0.2, 0) is 17.6 Å². The summed E-state index contributed by atoms with van der Waals surface area (Å²) in [5.41, 5.74) is 2.11. The Morgan fingerprint density at radius 3 is 2.91 bits per heavy atom. The van der Waals surface area contributed by atoms with E-state index in [1.54, 1.807) is 24.5 Å². The Morgan fingerprint density at radius 2 is 2.17 bits per heavy atom. The lowest BCUT2D eigenvalue weighted by Gasteiger charge is -2.15. The van der Waals surface area contributed by atoms with Crippen molar-refractivity contribution in [2.75, 3.05) is 12.4 Å². The monoisotopic (exact) mass is 328 g/mol. The van der Waals surface area contributed by atoms with Crippen molar-refractivity contribution in [1.82, 2.24) is 4.98 Å². The van der Waals surface area contributed by atoms with E-state index in [-0.39, 0.29) is 5.91 Å². The van der Waals surface area contributed by atoms with Crippen LogP contribution in [0, 0.1) is 5.92 Å². The molecule has 2 aromatic rings. The van der Waals surface area contributed by atoms with Crippen LogP contribution in [0.15, 0.2) is 30.3 Å². The lowest BCUT2D eigenvalue weighted by molar-refractivity contribution is -0.111. The summed E-state index contributed by atoms with van der Waals surface area (Å²) < 4.78 is 5.11. The van der Waals surface area contributed by atoms with Gasteiger partial charge in [0.1, 0.15) is 5.75 Å². The summed E-state index contributed by atoms with van der Waals surface area (Å²) in [5.74, 6) is 1.36. The van der Waals surface area contributed by atoms with E-state index >= 15 is 0 Å². The molecule has 0 spiro atoms. The first-order valence-corrected chi connectivity index (χ1v) is 8.57. The van der Waals surface area contributed by atoms with Crippen LogP contribution in [0.3, 0.4) is 0 Å². The number of hydrogen-bond acceptors (Lipinski definition) is 4. The molecule has 0 radical (unpaired) electrons. The zero-order valence-electron chi connectivity index (χ0n) is 13.3. The molecule has 1 aromatic carbocycles. The summed E-state index contributed by atoms with van der Waals surface area (Å²) in [4.78, 5) is 17.9. The minimum Gasteiger partial charge on any atom is -0.497 e. The third-order valence-electron chi connectivity index (χ3n) is 3.96. The largest absolute Gasteiger partial charge is 0.497 e. The average Bonchev–Trinajstić information content (AvgIpc) is 2.94. The van der Waals surface area contributed by atoms with Crippen LogP contribution in [-0.4, -0.2) is 18.0 Å². The number of carbonyl (C=O) groups excluding carboxylic acids is 1. The van der Waals surface area contributed by atoms with Gasteiger partial charge in [-0.2, -0.15) is 0 Å². The Hall–Kier alpha value is -2.14. The van der Waals surface area contributed by atoms with Crippen molar-refractivity contribution in [1.29, 1.82) is 0 Å². The number of hydrogen-bond donors (Lipinski definition) is 1. The van der Waals surface area contributed by atoms with Crippen molar-refractivity contribution in [3.63, 3.8) is 0 Å². The van der Waals surface area contributed by atoms with Gasteiger partial charge in [-0.1, -0.05) is 19.1 Å². The van der Waals surface area contributed by atoms with Crippen molar-refractivity contribution in [3.8, 4) is 5.75 Å². The van der Waals surface area contributed by atoms with Gasteiger partial charge in [0.05, 0.1) is 12.8 Å². The van der Waals surface area contributed by atoms with E-state index in [1.165, 1.54) is 17.4 Å². The predicted molar refractivity (Wildman–Crippen MR) is 94.0 cm³/mol. The van der Waals surface area contributed by atoms with Crippen molar-refractivity contribution in [3.05, 3.63) is 46.5 Å². The summed E-state index contributed by atoms with van der Waals surface area (Å²) in [6.45, 7) is 2.26. The zero-order valence-corrected chi connectivity index (χ0v) is 14.2. The fourth-order valence-corrected chi connectivity index (χ4v) is 3.80. The summed E-state index contributed by atoms with van der Waals surface area (Å²) in [6, 6.07) is 7.56. The molecule has 0 saturated heterocycles. The molecule has 0 bridgehead atoms. The van der Waals surface area contributed by atoms with Gasteiger partial charge in [0.2, 0.25) is 5.91 Å². The first-order chi connectivity index (χ1) is 11.1. The molecule has 1 aromatic heterocycles. The molecule has 1 unspecified atom stereocenters. The van der Waals surface area contributed by atoms with Crippen LogP contribution in [0.1, 0.15) is 29.5 Å². The van der Waals surface area contributed by atoms with E-state index < -0.39 is 0 Å². The number of amides is 1. The number of benzene rings is 1. The van der Waals surface area contributed by atoms with Gasteiger partial charge in [0, 0.05) is 11.0 Å². The number of thiazole rings is 1. The highest BCUT2D eigenvalue weighted by Gasteiger charge is 2.20. The highest BCUT2D eigenvalue weighted by Crippen LogP contribution is 2.32. The van der Waals surface area contributed by atoms with Gasteiger partial charge in [0.15, 0.2) is 5.13 Å². The number of methoxy groups -OCH3 is 1. The first-order valence-electron chi connectivity index (χ1n) is 7.75. The number of fused-ring (bicyclic) bond motifs is 1. The topological polar surface area (TPSA) is 51.2 Å². The molecule has 4 nitrogen and oxygen atoms in total. The Labute approximate surface area is 140 Å². The van der Waals surface area contributed by atoms with Gasteiger partial charge in [-0.25, -0.2) is 4.98 Å². The fourth-order valence-electron chi connectivity index (χ4n) is 2.63. The maximum Gasteiger partial charge on any atom is 0.250 e. The maximum atomic E-state index is 12.0. The van der Waals surface area contributed by atoms with Crippen LogP contribution < -0.4 is 10.1 Å². The highest BCUT2D eigenvalue weighted by molar-refractivity contribution is 7.15. The quantitative estimate of drug-likeness (QED) is 0.865. The minimum atomic E-state index is -0.153. The molecule has 1 aliphatic rings. The number of rotatable bonds is 4. The number of anilines is 1. The molecule has 1 N–H and O–H groups in total. The normalized spacial score (nSPS) is 17.0. The van der Waals surface area contributed by atoms with Crippen molar-refractivity contribution >= 4 is 28.5 Å². The summed E-state index contributed by atoms with van der Waals surface area (Å²) in [6.07, 6.45) is 6.59. The standard InChI is InChI=1S/C18H20N2O2S/c1-12-3-9-15-16(11-12)23-18(19-15)20-17(21)10-6-13-4-7-14(22-2)8-5-13/h4-8,10,12H,3,9,11H2,1-2H3,(H,19,20,21)/b10-6+. The number of ether oxygens (including phenoxy) is 1. The predicted octanol–water partition coefficient (Wildman–Crippen LogP) is 3.93. The Bertz CT molecular complexity index is 719. The van der Waals surface area contributed by atoms with Gasteiger partial charge in [-0.3, -0.25) is 10.1 Å². The van der Waals surface area contributed by atoms with Gasteiger partial charge in [0.25, 0.3) is 0 Å². The lowest BCUT2D eigenvalue weighted by atomic mass is 9.93. The zero-order chi connectivity index (χ0) is 16.2. The van der Waals surface area contributed by atoms with E-state index in [0.29, 0.717) is 11.0 Å². The molecule has 3 rings (SSSR count). The average molecular weight is 328 g/mol. The molecule has 0 aliphatic heterocycles. The van der Waals surface area contributed by atoms with Crippen LogP contribution in [0.2, 0.25) is 0 Å². The SMILES string of the molecule is COc1ccc(/C=C/C(=O)Nc2nc3c(s2)CC(C)CC3)cc1. The molecular weight excluding hydrogens is 308 g/mol. The maximum absolute atomic E-state index is 12.0. The number of aryl methyl sites for hydroxylation is 1. The number of nitrogens with zero attached hydrogens (tertiary/aromatic N) is 1. The van der Waals surface area contributed by atoms with Gasteiger partial charge >= 0.3 is 0 Å². The third-order valence-corrected chi connectivity index (χ3v) is 4.99. The first kappa shape index (κ1) is 15.7. The third kappa shape index (κ3) is 3.99. The van der Waals surface area contributed by atoms with Crippen LogP contribution in [0.4, 0.5) is 5.13 Å². The van der Waals surface area contributed by atoms with Crippen LogP contribution >= 0.6 is 11.3 Å². The summed E-state index contributed by atoms with van der Waals surface area (Å²) in [7, 11) is 1.63. The smallest absolute Gasteiger partial charge is 0.250 e. The highest BCUT2D eigenvalue weighted by atomic mass is 32.1. The van der Waals surface area contributed by atoms with Crippen molar-refractivity contribution in [2.24, 2.45) is 5.92 Å². The second kappa shape index (κ2) is 6.96. The second-order valence-electron chi connectivity index (χ2n) is 5.83. The molecule has 120 valence electrons. The Kier molecular flexibility index (Phi) is 4.76. The van der Waals surface area contributed by atoms with E-state index in [2.05, 4.69) is 17.2 Å². The fraction of sp³-hybridized carbons (Fsp3) is 0.333. The Balaban J connectivity index is 1.61. The van der Waals surface area contributed by atoms with E-state index in [0.717, 1.165) is 29.8 Å². The molecule has 23 heavy (non-hydrogen) atoms. The van der Waals surface area contributed by atoms with Gasteiger partial charge in [-0.15, -0.1) is 11.3 Å². The van der Waals surface area contributed by atoms with E-state index in [4.69, 9.17) is 4.74 Å². The lowest BCUT2D eigenvalue weighted by Crippen LogP contribution is -2.09. The second-order valence-corrected chi connectivity index (χ2v) is 6.92. The summed E-state index contributed by atoms with van der Waals surface area (Å²) >= 11 is 1.60. The Morgan fingerprint density at radius 1 is 1.39 bits per heavy atom. The molecule has 1 amide bonds. The van der Waals surface area contributed by atoms with E-state index in [1.807, 2.05) is 24.3 Å². The van der Waals surface area contributed by atoms with E-state index in [9.17, 15) is 4.79 Å². The number of carbonyl (C=O) groups is 1. The van der Waals surface area contributed by atoms with Crippen molar-refractivity contribution in [2.45, 2.75) is 26.2 Å². The van der Waals surface area contributed by atoms with Gasteiger partial charge < -0.3 is 4.74 Å². The van der Waals surface area contributed by atoms with Crippen LogP contribution in [0.5, 0.6) is 5.75 Å². The van der Waals surface area contributed by atoms with Crippen molar-refractivity contribution < 1.29 is 9.53 Å². The minimum absolute atomic E-state index is 0.153. The molecule has 0 saturated carbocycles. The van der Waals surface area contributed by atoms with Gasteiger partial charge in [-0.05, 0) is 49.0 Å². The molecule has 1 atom stereocenters. The molecule has 1 heterocycles.